The Bertz CT molecular complexity index is 598. The third kappa shape index (κ3) is 5.42. The molecule has 0 spiro atoms. The zero-order valence-corrected chi connectivity index (χ0v) is 15.1. The van der Waals surface area contributed by atoms with Crippen LogP contribution >= 0.6 is 11.6 Å². The number of nitrogens with zero attached hydrogens (tertiary/aromatic N) is 2. The van der Waals surface area contributed by atoms with Gasteiger partial charge in [-0.2, -0.15) is 5.26 Å². The molecule has 0 radical (unpaired) electrons. The van der Waals surface area contributed by atoms with Gasteiger partial charge in [0, 0.05) is 17.1 Å². The van der Waals surface area contributed by atoms with Crippen molar-refractivity contribution in [3.8, 4) is 11.8 Å². The van der Waals surface area contributed by atoms with Gasteiger partial charge in [0.1, 0.15) is 11.3 Å². The molecule has 1 N–H and O–H groups in total. The molecule has 0 unspecified atom stereocenters. The van der Waals surface area contributed by atoms with Crippen molar-refractivity contribution >= 4 is 17.5 Å². The van der Waals surface area contributed by atoms with E-state index in [0.29, 0.717) is 11.6 Å². The van der Waals surface area contributed by atoms with E-state index >= 15 is 0 Å². The number of ether oxygens (including phenoxy) is 1. The number of benzene rings is 1. The van der Waals surface area contributed by atoms with E-state index in [1.165, 1.54) is 0 Å². The zero-order valence-electron chi connectivity index (χ0n) is 14.3. The largest absolute Gasteiger partial charge is 0.496 e. The van der Waals surface area contributed by atoms with E-state index in [1.54, 1.807) is 26.2 Å². The molecular weight excluding hydrogens is 314 g/mol. The molecule has 0 aliphatic heterocycles. The molecule has 5 nitrogen and oxygen atoms in total. The molecule has 0 aliphatic rings. The highest BCUT2D eigenvalue weighted by atomic mass is 35.5. The second-order valence-corrected chi connectivity index (χ2v) is 6.58. The number of nitrogens with one attached hydrogen (secondary N) is 1. The monoisotopic (exact) mass is 337 g/mol. The molecule has 23 heavy (non-hydrogen) atoms. The van der Waals surface area contributed by atoms with Crippen molar-refractivity contribution in [3.63, 3.8) is 0 Å². The van der Waals surface area contributed by atoms with Crippen LogP contribution in [0.25, 0.3) is 0 Å². The van der Waals surface area contributed by atoms with Gasteiger partial charge < -0.3 is 10.1 Å². The van der Waals surface area contributed by atoms with Gasteiger partial charge in [0.05, 0.1) is 19.7 Å². The second kappa shape index (κ2) is 8.19. The molecule has 1 amide bonds. The normalized spacial score (nSPS) is 13.5. The minimum atomic E-state index is -0.869. The van der Waals surface area contributed by atoms with Crippen molar-refractivity contribution in [1.82, 2.24) is 10.2 Å². The van der Waals surface area contributed by atoms with Crippen molar-refractivity contribution in [1.29, 1.82) is 5.26 Å². The van der Waals surface area contributed by atoms with E-state index in [4.69, 9.17) is 16.3 Å². The van der Waals surface area contributed by atoms with Crippen molar-refractivity contribution in [2.24, 2.45) is 5.92 Å². The van der Waals surface area contributed by atoms with E-state index < -0.39 is 5.54 Å². The molecule has 1 aromatic carbocycles. The van der Waals surface area contributed by atoms with Crippen LogP contribution in [0.15, 0.2) is 18.2 Å². The first-order chi connectivity index (χ1) is 10.7. The average molecular weight is 338 g/mol. The van der Waals surface area contributed by atoms with E-state index in [2.05, 4.69) is 11.4 Å². The number of rotatable bonds is 7. The van der Waals surface area contributed by atoms with Crippen LogP contribution in [0.3, 0.4) is 0 Å². The molecule has 1 rings (SSSR count). The van der Waals surface area contributed by atoms with Crippen molar-refractivity contribution in [2.75, 3.05) is 20.7 Å². The highest BCUT2D eigenvalue weighted by molar-refractivity contribution is 6.30. The Morgan fingerprint density at radius 2 is 2.17 bits per heavy atom. The van der Waals surface area contributed by atoms with E-state index in [9.17, 15) is 10.1 Å². The van der Waals surface area contributed by atoms with Crippen LogP contribution in [0, 0.1) is 17.2 Å². The van der Waals surface area contributed by atoms with Gasteiger partial charge in [-0.05, 0) is 38.1 Å². The lowest BCUT2D eigenvalue weighted by Crippen LogP contribution is -2.51. The quantitative estimate of drug-likeness (QED) is 0.831. The summed E-state index contributed by atoms with van der Waals surface area (Å²) in [6.07, 6.45) is 0. The topological polar surface area (TPSA) is 65.4 Å². The van der Waals surface area contributed by atoms with Crippen molar-refractivity contribution in [3.05, 3.63) is 28.8 Å². The number of methoxy groups -OCH3 is 1. The van der Waals surface area contributed by atoms with E-state index in [0.717, 1.165) is 11.3 Å². The van der Waals surface area contributed by atoms with Gasteiger partial charge in [-0.3, -0.25) is 9.69 Å². The predicted molar refractivity (Wildman–Crippen MR) is 91.3 cm³/mol. The fraction of sp³-hybridized carbons (Fsp3) is 0.529. The van der Waals surface area contributed by atoms with Gasteiger partial charge in [-0.1, -0.05) is 25.4 Å². The molecule has 1 aromatic rings. The van der Waals surface area contributed by atoms with Crippen LogP contribution in [-0.4, -0.2) is 37.0 Å². The number of carbonyl (C=O) groups excluding carboxylic acids is 1. The lowest BCUT2D eigenvalue weighted by Gasteiger charge is -2.28. The first-order valence-electron chi connectivity index (χ1n) is 7.45. The Kier molecular flexibility index (Phi) is 6.86. The third-order valence-corrected chi connectivity index (χ3v) is 4.12. The molecule has 126 valence electrons. The molecule has 0 fully saturated rings. The third-order valence-electron chi connectivity index (χ3n) is 3.88. The van der Waals surface area contributed by atoms with Crippen LogP contribution < -0.4 is 10.1 Å². The molecule has 0 saturated heterocycles. The highest BCUT2D eigenvalue weighted by Crippen LogP contribution is 2.23. The molecule has 0 aliphatic carbocycles. The summed E-state index contributed by atoms with van der Waals surface area (Å²) in [5, 5.41) is 12.7. The van der Waals surface area contributed by atoms with Gasteiger partial charge >= 0.3 is 0 Å². The Balaban J connectivity index is 2.70. The van der Waals surface area contributed by atoms with Crippen LogP contribution in [0.1, 0.15) is 26.3 Å². The smallest absolute Gasteiger partial charge is 0.235 e. The van der Waals surface area contributed by atoms with Gasteiger partial charge in [0.15, 0.2) is 0 Å². The predicted octanol–water partition coefficient (Wildman–Crippen LogP) is 2.83. The van der Waals surface area contributed by atoms with Crippen LogP contribution in [0.5, 0.6) is 5.75 Å². The Morgan fingerprint density at radius 3 is 2.70 bits per heavy atom. The first-order valence-corrected chi connectivity index (χ1v) is 7.83. The maximum Gasteiger partial charge on any atom is 0.235 e. The summed E-state index contributed by atoms with van der Waals surface area (Å²) in [5.74, 6) is 0.562. The number of hydrogen-bond acceptors (Lipinski definition) is 4. The van der Waals surface area contributed by atoms with Gasteiger partial charge in [-0.15, -0.1) is 0 Å². The lowest BCUT2D eigenvalue weighted by atomic mass is 9.90. The maximum atomic E-state index is 12.2. The number of halogens is 1. The zero-order chi connectivity index (χ0) is 17.6. The van der Waals surface area contributed by atoms with Crippen LogP contribution in [0.2, 0.25) is 5.02 Å². The van der Waals surface area contributed by atoms with Crippen molar-refractivity contribution in [2.45, 2.75) is 32.9 Å². The van der Waals surface area contributed by atoms with Crippen LogP contribution in [-0.2, 0) is 11.3 Å². The fourth-order valence-corrected chi connectivity index (χ4v) is 2.29. The molecule has 1 atom stereocenters. The van der Waals surface area contributed by atoms with Gasteiger partial charge in [-0.25, -0.2) is 0 Å². The molecule has 6 heteroatoms. The molecule has 0 saturated carbocycles. The second-order valence-electron chi connectivity index (χ2n) is 6.15. The van der Waals surface area contributed by atoms with Crippen LogP contribution in [0.4, 0.5) is 0 Å². The fourth-order valence-electron chi connectivity index (χ4n) is 2.09. The van der Waals surface area contributed by atoms with E-state index in [1.807, 2.05) is 31.9 Å². The van der Waals surface area contributed by atoms with Crippen molar-refractivity contribution < 1.29 is 9.53 Å². The SMILES string of the molecule is COc1ccc(Cl)cc1CN(C)CC(=O)N[C@@](C)(C#N)C(C)C. The van der Waals surface area contributed by atoms with E-state index in [-0.39, 0.29) is 18.4 Å². The average Bonchev–Trinajstić information content (AvgIpc) is 2.46. The number of nitriles is 1. The summed E-state index contributed by atoms with van der Waals surface area (Å²) in [7, 11) is 3.43. The summed E-state index contributed by atoms with van der Waals surface area (Å²) in [6.45, 7) is 6.24. The lowest BCUT2D eigenvalue weighted by molar-refractivity contribution is -0.123. The minimum absolute atomic E-state index is 0.0229. The molecule has 0 heterocycles. The van der Waals surface area contributed by atoms with Gasteiger partial charge in [0.25, 0.3) is 0 Å². The summed E-state index contributed by atoms with van der Waals surface area (Å²) >= 11 is 6.01. The summed E-state index contributed by atoms with van der Waals surface area (Å²) in [4.78, 5) is 14.0. The minimum Gasteiger partial charge on any atom is -0.496 e. The molecule has 0 aromatic heterocycles. The molecule has 0 bridgehead atoms. The number of amides is 1. The summed E-state index contributed by atoms with van der Waals surface area (Å²) in [6, 6.07) is 7.56. The standard InChI is InChI=1S/C17H24ClN3O2/c1-12(2)17(3,11-19)20-16(22)10-21(4)9-13-8-14(18)6-7-15(13)23-5/h6-8,12H,9-10H2,1-5H3,(H,20,22)/t17-/m0/s1. The first kappa shape index (κ1) is 19.3. The Hall–Kier alpha value is -1.77. The maximum absolute atomic E-state index is 12.2. The number of carbonyl (C=O) groups is 1. The number of likely N-dealkylation sites (N-methyl/N-ethyl adjacent to an activating group) is 1. The van der Waals surface area contributed by atoms with Gasteiger partial charge in [0.2, 0.25) is 5.91 Å². The Morgan fingerprint density at radius 1 is 1.52 bits per heavy atom. The Labute approximate surface area is 143 Å². The number of hydrogen-bond donors (Lipinski definition) is 1. The summed E-state index contributed by atoms with van der Waals surface area (Å²) in [5.41, 5.74) is 0.0354. The summed E-state index contributed by atoms with van der Waals surface area (Å²) < 4.78 is 5.31. The molecular formula is C17H24ClN3O2. The highest BCUT2D eigenvalue weighted by Gasteiger charge is 2.30.